The Morgan fingerprint density at radius 1 is 0.283 bits per heavy atom. The maximum absolute atomic E-state index is 2.47. The molecule has 1 heterocycles. The molecule has 0 spiro atoms. The number of nitrogens with zero attached hydrogens (tertiary/aromatic N) is 2. The van der Waals surface area contributed by atoms with Gasteiger partial charge in [-0.2, -0.15) is 0 Å². The van der Waals surface area contributed by atoms with Crippen LogP contribution in [0.4, 0.5) is 17.1 Å². The van der Waals surface area contributed by atoms with Crippen molar-refractivity contribution in [3.8, 4) is 50.2 Å². The van der Waals surface area contributed by atoms with E-state index >= 15 is 0 Å². The zero-order valence-corrected chi connectivity index (χ0v) is 33.0. The standard InChI is InChI=1S/C58H40N2/c1-5-18-41(19-6-1)42-32-34-45(35-33-42)50-29-17-31-56-58(50)53-37-36-47(40-57(53)59(56)46-24-11-4-12-25-46)60(54-30-16-15-26-49(54)44-22-9-3-10-23-44)55-39-38-48(43-20-7-2-8-21-43)51-27-13-14-28-52(51)55/h1-40H. The molecule has 0 saturated heterocycles. The Balaban J connectivity index is 1.17. The van der Waals surface area contributed by atoms with Crippen LogP contribution < -0.4 is 4.90 Å². The number of anilines is 3. The van der Waals surface area contributed by atoms with Crippen molar-refractivity contribution in [3.63, 3.8) is 0 Å². The third-order valence-corrected chi connectivity index (χ3v) is 11.8. The van der Waals surface area contributed by atoms with Gasteiger partial charge in [0.25, 0.3) is 0 Å². The second-order valence-electron chi connectivity index (χ2n) is 15.3. The molecule has 0 unspecified atom stereocenters. The zero-order valence-electron chi connectivity index (χ0n) is 33.0. The minimum atomic E-state index is 1.08. The van der Waals surface area contributed by atoms with Crippen molar-refractivity contribution in [2.45, 2.75) is 0 Å². The van der Waals surface area contributed by atoms with Crippen molar-refractivity contribution in [2.24, 2.45) is 0 Å². The smallest absolute Gasteiger partial charge is 0.0562 e. The highest BCUT2D eigenvalue weighted by Gasteiger charge is 2.23. The molecule has 11 rings (SSSR count). The fourth-order valence-electron chi connectivity index (χ4n) is 9.05. The Morgan fingerprint density at radius 3 is 1.53 bits per heavy atom. The van der Waals surface area contributed by atoms with Gasteiger partial charge in [-0.15, -0.1) is 0 Å². The first kappa shape index (κ1) is 35.2. The van der Waals surface area contributed by atoms with Crippen molar-refractivity contribution in [1.82, 2.24) is 4.57 Å². The first-order valence-corrected chi connectivity index (χ1v) is 20.6. The summed E-state index contributed by atoms with van der Waals surface area (Å²) in [5, 5.41) is 4.85. The van der Waals surface area contributed by atoms with E-state index < -0.39 is 0 Å². The normalized spacial score (nSPS) is 11.3. The molecule has 10 aromatic carbocycles. The van der Waals surface area contributed by atoms with Gasteiger partial charge in [0.2, 0.25) is 0 Å². The van der Waals surface area contributed by atoms with Crippen LogP contribution in [0.1, 0.15) is 0 Å². The molecule has 282 valence electrons. The molecule has 0 atom stereocenters. The van der Waals surface area contributed by atoms with Crippen LogP contribution in [0.2, 0.25) is 0 Å². The van der Waals surface area contributed by atoms with Crippen molar-refractivity contribution >= 4 is 49.6 Å². The van der Waals surface area contributed by atoms with E-state index in [1.807, 2.05) is 0 Å². The molecule has 0 fully saturated rings. The lowest BCUT2D eigenvalue weighted by Crippen LogP contribution is -2.12. The number of hydrogen-bond acceptors (Lipinski definition) is 1. The molecule has 0 amide bonds. The van der Waals surface area contributed by atoms with Gasteiger partial charge >= 0.3 is 0 Å². The van der Waals surface area contributed by atoms with E-state index in [2.05, 4.69) is 252 Å². The topological polar surface area (TPSA) is 8.17 Å². The van der Waals surface area contributed by atoms with Gasteiger partial charge in [0.1, 0.15) is 0 Å². The maximum Gasteiger partial charge on any atom is 0.0562 e. The summed E-state index contributed by atoms with van der Waals surface area (Å²) in [6.45, 7) is 0. The highest BCUT2D eigenvalue weighted by molar-refractivity contribution is 6.17. The number of aromatic nitrogens is 1. The Hall–Kier alpha value is -7.94. The average Bonchev–Trinajstić information content (AvgIpc) is 3.67. The first-order valence-electron chi connectivity index (χ1n) is 20.6. The van der Waals surface area contributed by atoms with E-state index in [1.54, 1.807) is 0 Å². The predicted octanol–water partition coefficient (Wildman–Crippen LogP) is 16.1. The predicted molar refractivity (Wildman–Crippen MR) is 255 cm³/mol. The molecule has 0 bridgehead atoms. The van der Waals surface area contributed by atoms with Crippen LogP contribution >= 0.6 is 0 Å². The molecular formula is C58H40N2. The first-order chi connectivity index (χ1) is 29.8. The Kier molecular flexibility index (Phi) is 8.87. The van der Waals surface area contributed by atoms with Gasteiger partial charge in [0.15, 0.2) is 0 Å². The Labute approximate surface area is 350 Å². The Bertz CT molecular complexity index is 3280. The summed E-state index contributed by atoms with van der Waals surface area (Å²) in [5.74, 6) is 0. The second-order valence-corrected chi connectivity index (χ2v) is 15.3. The molecule has 2 nitrogen and oxygen atoms in total. The van der Waals surface area contributed by atoms with E-state index in [0.717, 1.165) is 28.3 Å². The third kappa shape index (κ3) is 6.14. The van der Waals surface area contributed by atoms with Gasteiger partial charge in [0, 0.05) is 33.1 Å². The summed E-state index contributed by atoms with van der Waals surface area (Å²) in [5.41, 5.74) is 16.4. The van der Waals surface area contributed by atoms with Crippen molar-refractivity contribution in [3.05, 3.63) is 243 Å². The molecule has 0 saturated carbocycles. The molecule has 0 aliphatic heterocycles. The molecule has 0 N–H and O–H groups in total. The van der Waals surface area contributed by atoms with Crippen molar-refractivity contribution in [2.75, 3.05) is 4.90 Å². The average molecular weight is 765 g/mol. The molecule has 0 aliphatic rings. The van der Waals surface area contributed by atoms with Crippen molar-refractivity contribution in [1.29, 1.82) is 0 Å². The van der Waals surface area contributed by atoms with Crippen LogP contribution in [0.3, 0.4) is 0 Å². The summed E-state index contributed by atoms with van der Waals surface area (Å²) in [7, 11) is 0. The lowest BCUT2D eigenvalue weighted by atomic mass is 9.95. The zero-order chi connectivity index (χ0) is 39.8. The second kappa shape index (κ2) is 15.1. The number of rotatable bonds is 8. The van der Waals surface area contributed by atoms with Crippen LogP contribution in [0.25, 0.3) is 82.8 Å². The van der Waals surface area contributed by atoms with Crippen LogP contribution in [-0.2, 0) is 0 Å². The number of benzene rings is 10. The van der Waals surface area contributed by atoms with Gasteiger partial charge in [-0.25, -0.2) is 0 Å². The van der Waals surface area contributed by atoms with Crippen LogP contribution in [0.15, 0.2) is 243 Å². The molecule has 1 aromatic heterocycles. The van der Waals surface area contributed by atoms with Gasteiger partial charge in [-0.3, -0.25) is 0 Å². The lowest BCUT2D eigenvalue weighted by Gasteiger charge is -2.29. The van der Waals surface area contributed by atoms with Gasteiger partial charge in [0.05, 0.1) is 22.4 Å². The lowest BCUT2D eigenvalue weighted by molar-refractivity contribution is 1.18. The number of hydrogen-bond donors (Lipinski definition) is 0. The third-order valence-electron chi connectivity index (χ3n) is 11.8. The van der Waals surface area contributed by atoms with Crippen LogP contribution in [-0.4, -0.2) is 4.57 Å². The SMILES string of the molecule is c1ccc(-c2ccc(-c3cccc4c3c3ccc(N(c5ccccc5-c5ccccc5)c5ccc(-c6ccccc6)c6ccccc56)cc3n4-c3ccccc3)cc2)cc1. The van der Waals surface area contributed by atoms with Crippen molar-refractivity contribution < 1.29 is 0 Å². The largest absolute Gasteiger partial charge is 0.309 e. The summed E-state index contributed by atoms with van der Waals surface area (Å²) in [6, 6.07) is 87.9. The minimum Gasteiger partial charge on any atom is -0.309 e. The summed E-state index contributed by atoms with van der Waals surface area (Å²) < 4.78 is 2.44. The molecule has 0 aliphatic carbocycles. The van der Waals surface area contributed by atoms with Gasteiger partial charge < -0.3 is 9.47 Å². The molecule has 2 heteroatoms. The van der Waals surface area contributed by atoms with E-state index in [-0.39, 0.29) is 0 Å². The van der Waals surface area contributed by atoms with Gasteiger partial charge in [-0.1, -0.05) is 200 Å². The molecule has 0 radical (unpaired) electrons. The molecule has 11 aromatic rings. The monoisotopic (exact) mass is 764 g/mol. The Morgan fingerprint density at radius 2 is 0.817 bits per heavy atom. The van der Waals surface area contributed by atoms with E-state index in [0.29, 0.717) is 0 Å². The fourth-order valence-corrected chi connectivity index (χ4v) is 9.05. The molecular weight excluding hydrogens is 725 g/mol. The number of para-hydroxylation sites is 2. The highest BCUT2D eigenvalue weighted by Crippen LogP contribution is 2.47. The maximum atomic E-state index is 2.47. The van der Waals surface area contributed by atoms with E-state index in [1.165, 1.54) is 71.6 Å². The minimum absolute atomic E-state index is 1.08. The summed E-state index contributed by atoms with van der Waals surface area (Å²) >= 11 is 0. The van der Waals surface area contributed by atoms with Gasteiger partial charge in [-0.05, 0) is 86.8 Å². The fraction of sp³-hybridized carbons (Fsp3) is 0. The summed E-state index contributed by atoms with van der Waals surface area (Å²) in [6.07, 6.45) is 0. The highest BCUT2D eigenvalue weighted by atomic mass is 15.1. The van der Waals surface area contributed by atoms with Crippen LogP contribution in [0, 0.1) is 0 Å². The molecule has 60 heavy (non-hydrogen) atoms. The summed E-state index contributed by atoms with van der Waals surface area (Å²) in [4.78, 5) is 2.47. The van der Waals surface area contributed by atoms with E-state index in [4.69, 9.17) is 0 Å². The van der Waals surface area contributed by atoms with E-state index in [9.17, 15) is 0 Å². The van der Waals surface area contributed by atoms with Crippen LogP contribution in [0.5, 0.6) is 0 Å². The quantitative estimate of drug-likeness (QED) is 0.150. The number of fused-ring (bicyclic) bond motifs is 4.